The summed E-state index contributed by atoms with van der Waals surface area (Å²) in [6.45, 7) is 1.99. The number of amides is 1. The highest BCUT2D eigenvalue weighted by Gasteiger charge is 2.44. The van der Waals surface area contributed by atoms with Gasteiger partial charge in [-0.05, 0) is 30.7 Å². The van der Waals surface area contributed by atoms with Gasteiger partial charge in [0.2, 0.25) is 5.76 Å². The van der Waals surface area contributed by atoms with Gasteiger partial charge < -0.3 is 9.47 Å². The van der Waals surface area contributed by atoms with Gasteiger partial charge in [0, 0.05) is 12.0 Å². The molecule has 0 unspecified atom stereocenters. The maximum atomic E-state index is 13.3. The van der Waals surface area contributed by atoms with Crippen molar-refractivity contribution in [3.05, 3.63) is 41.9 Å². The number of ketones is 1. The molecule has 0 spiro atoms. The van der Waals surface area contributed by atoms with Gasteiger partial charge in [0.25, 0.3) is 0 Å². The van der Waals surface area contributed by atoms with Crippen LogP contribution in [0.1, 0.15) is 30.1 Å². The molecule has 1 aliphatic rings. The van der Waals surface area contributed by atoms with E-state index in [9.17, 15) is 22.8 Å². The Morgan fingerprint density at radius 3 is 2.33 bits per heavy atom. The van der Waals surface area contributed by atoms with Gasteiger partial charge in [0.05, 0.1) is 5.69 Å². The van der Waals surface area contributed by atoms with Gasteiger partial charge in [0.1, 0.15) is 19.5 Å². The van der Waals surface area contributed by atoms with Crippen LogP contribution in [0.15, 0.2) is 36.3 Å². The van der Waals surface area contributed by atoms with Crippen LogP contribution in [-0.2, 0) is 14.3 Å². The van der Waals surface area contributed by atoms with E-state index in [0.29, 0.717) is 18.4 Å². The number of hydrogen-bond acceptors (Lipinski definition) is 4. The highest BCUT2D eigenvalue weighted by molar-refractivity contribution is 6.05. The fourth-order valence-electron chi connectivity index (χ4n) is 2.14. The third kappa shape index (κ3) is 4.06. The lowest BCUT2D eigenvalue weighted by atomic mass is 10.1. The first-order chi connectivity index (χ1) is 11.3. The minimum absolute atomic E-state index is 0.00622. The van der Waals surface area contributed by atoms with Crippen LogP contribution in [0.3, 0.4) is 0 Å². The van der Waals surface area contributed by atoms with Crippen molar-refractivity contribution < 1.29 is 32.2 Å². The van der Waals surface area contributed by atoms with Crippen LogP contribution in [0.4, 0.5) is 18.9 Å². The molecule has 0 aliphatic carbocycles. The predicted molar refractivity (Wildman–Crippen MR) is 79.2 cm³/mol. The molecule has 5 nitrogen and oxygen atoms in total. The number of carbonyl (C=O) groups is 2. The van der Waals surface area contributed by atoms with Crippen LogP contribution in [0.5, 0.6) is 0 Å². The maximum absolute atomic E-state index is 13.3. The summed E-state index contributed by atoms with van der Waals surface area (Å²) in [5.74, 6) is -2.07. The Morgan fingerprint density at radius 1 is 1.17 bits per heavy atom. The first-order valence-electron chi connectivity index (χ1n) is 7.33. The lowest BCUT2D eigenvalue weighted by molar-refractivity contribution is -0.150. The zero-order valence-corrected chi connectivity index (χ0v) is 12.9. The second kappa shape index (κ2) is 7.37. The molecule has 0 aromatic heterocycles. The third-order valence-electron chi connectivity index (χ3n) is 3.24. The van der Waals surface area contributed by atoms with Gasteiger partial charge in [-0.2, -0.15) is 0 Å². The number of alkyl halides is 3. The minimum atomic E-state index is -4.95. The molecule has 0 fully saturated rings. The molecule has 0 saturated heterocycles. The summed E-state index contributed by atoms with van der Waals surface area (Å²) in [5, 5.41) is 0. The molecule has 2 rings (SSSR count). The molecule has 0 radical (unpaired) electrons. The minimum Gasteiger partial charge on any atom is -0.494 e. The molecule has 8 heteroatoms. The summed E-state index contributed by atoms with van der Waals surface area (Å²) in [4.78, 5) is 23.5. The highest BCUT2D eigenvalue weighted by atomic mass is 19.4. The van der Waals surface area contributed by atoms with E-state index in [1.54, 1.807) is 0 Å². The fourth-order valence-corrected chi connectivity index (χ4v) is 2.14. The van der Waals surface area contributed by atoms with E-state index < -0.39 is 23.7 Å². The Kier molecular flexibility index (Phi) is 5.48. The monoisotopic (exact) mass is 343 g/mol. The SMILES string of the molecule is CCCC(=O)c1ccc(N(C(=O)C2=COCCO2)C(F)(F)F)cc1. The quantitative estimate of drug-likeness (QED) is 0.607. The smallest absolute Gasteiger partial charge is 0.491 e. The average Bonchev–Trinajstić information content (AvgIpc) is 2.55. The van der Waals surface area contributed by atoms with E-state index in [-0.39, 0.29) is 23.9 Å². The average molecular weight is 343 g/mol. The summed E-state index contributed by atoms with van der Waals surface area (Å²) in [5.41, 5.74) is -0.109. The molecular formula is C16H16F3NO4. The highest BCUT2D eigenvalue weighted by Crippen LogP contribution is 2.31. The zero-order chi connectivity index (χ0) is 17.7. The summed E-state index contributed by atoms with van der Waals surface area (Å²) in [6, 6.07) is 4.70. The normalized spacial score (nSPS) is 14.2. The number of rotatable bonds is 5. The zero-order valence-electron chi connectivity index (χ0n) is 12.9. The topological polar surface area (TPSA) is 55.8 Å². The van der Waals surface area contributed by atoms with Crippen molar-refractivity contribution in [1.29, 1.82) is 0 Å². The second-order valence-electron chi connectivity index (χ2n) is 5.03. The standard InChI is InChI=1S/C16H16F3NO4/c1-2-3-13(21)11-4-6-12(7-5-11)20(16(17,18)19)15(22)14-10-23-8-9-24-14/h4-7,10H,2-3,8-9H2,1H3. The Balaban J connectivity index is 2.30. The summed E-state index contributed by atoms with van der Waals surface area (Å²) in [6.07, 6.45) is -3.14. The number of nitrogens with zero attached hydrogens (tertiary/aromatic N) is 1. The number of benzene rings is 1. The van der Waals surface area contributed by atoms with Crippen molar-refractivity contribution in [2.75, 3.05) is 18.1 Å². The number of Topliss-reactive ketones (excluding diaryl/α,β-unsaturated/α-hetero) is 1. The van der Waals surface area contributed by atoms with E-state index in [1.807, 2.05) is 6.92 Å². The van der Waals surface area contributed by atoms with Crippen molar-refractivity contribution >= 4 is 17.4 Å². The van der Waals surface area contributed by atoms with Gasteiger partial charge >= 0.3 is 12.2 Å². The maximum Gasteiger partial charge on any atom is 0.491 e. The van der Waals surface area contributed by atoms with Gasteiger partial charge in [0.15, 0.2) is 5.78 Å². The predicted octanol–water partition coefficient (Wildman–Crippen LogP) is 3.41. The first kappa shape index (κ1) is 17.8. The fraction of sp³-hybridized carbons (Fsp3) is 0.375. The van der Waals surface area contributed by atoms with Gasteiger partial charge in [-0.15, -0.1) is 13.2 Å². The van der Waals surface area contributed by atoms with Gasteiger partial charge in [-0.1, -0.05) is 6.92 Å². The molecule has 1 aromatic carbocycles. The Labute approximate surface area is 136 Å². The van der Waals surface area contributed by atoms with Crippen molar-refractivity contribution in [2.24, 2.45) is 0 Å². The summed E-state index contributed by atoms with van der Waals surface area (Å²) < 4.78 is 49.7. The van der Waals surface area contributed by atoms with Crippen LogP contribution < -0.4 is 4.90 Å². The second-order valence-corrected chi connectivity index (χ2v) is 5.03. The molecule has 130 valence electrons. The van der Waals surface area contributed by atoms with Gasteiger partial charge in [-0.3, -0.25) is 9.59 Å². The summed E-state index contributed by atoms with van der Waals surface area (Å²) >= 11 is 0. The van der Waals surface area contributed by atoms with Crippen LogP contribution in [-0.4, -0.2) is 31.2 Å². The van der Waals surface area contributed by atoms with Crippen LogP contribution >= 0.6 is 0 Å². The molecule has 1 heterocycles. The van der Waals surface area contributed by atoms with Crippen LogP contribution in [0, 0.1) is 0 Å². The Hall–Kier alpha value is -2.51. The van der Waals surface area contributed by atoms with E-state index in [4.69, 9.17) is 9.47 Å². The van der Waals surface area contributed by atoms with E-state index in [2.05, 4.69) is 0 Å². The van der Waals surface area contributed by atoms with Gasteiger partial charge in [-0.25, -0.2) is 4.90 Å². The molecule has 0 bridgehead atoms. The van der Waals surface area contributed by atoms with Crippen molar-refractivity contribution in [3.8, 4) is 0 Å². The molecule has 1 amide bonds. The van der Waals surface area contributed by atoms with Crippen molar-refractivity contribution in [1.82, 2.24) is 0 Å². The van der Waals surface area contributed by atoms with Crippen LogP contribution in [0.2, 0.25) is 0 Å². The van der Waals surface area contributed by atoms with Crippen molar-refractivity contribution in [3.63, 3.8) is 0 Å². The van der Waals surface area contributed by atoms with E-state index in [1.165, 1.54) is 12.1 Å². The number of halogens is 3. The largest absolute Gasteiger partial charge is 0.494 e. The lowest BCUT2D eigenvalue weighted by Gasteiger charge is -2.26. The van der Waals surface area contributed by atoms with E-state index in [0.717, 1.165) is 18.4 Å². The first-order valence-corrected chi connectivity index (χ1v) is 7.33. The molecule has 1 aliphatic heterocycles. The van der Waals surface area contributed by atoms with Crippen molar-refractivity contribution in [2.45, 2.75) is 26.1 Å². The summed E-state index contributed by atoms with van der Waals surface area (Å²) in [7, 11) is 0. The Bertz CT molecular complexity index is 638. The molecule has 1 aromatic rings. The number of anilines is 1. The lowest BCUT2D eigenvalue weighted by Crippen LogP contribution is -2.44. The molecular weight excluding hydrogens is 327 g/mol. The molecule has 24 heavy (non-hydrogen) atoms. The number of ether oxygens (including phenoxy) is 2. The molecule has 0 saturated carbocycles. The molecule has 0 atom stereocenters. The molecule has 0 N–H and O–H groups in total. The Morgan fingerprint density at radius 2 is 1.83 bits per heavy atom. The number of carbonyl (C=O) groups excluding carboxylic acids is 2. The van der Waals surface area contributed by atoms with Crippen LogP contribution in [0.25, 0.3) is 0 Å². The third-order valence-corrected chi connectivity index (χ3v) is 3.24. The van der Waals surface area contributed by atoms with E-state index >= 15 is 0 Å². The number of hydrogen-bond donors (Lipinski definition) is 0.